The van der Waals surface area contributed by atoms with E-state index >= 15 is 0 Å². The van der Waals surface area contributed by atoms with Gasteiger partial charge in [-0.3, -0.25) is 4.79 Å². The van der Waals surface area contributed by atoms with Crippen LogP contribution in [0.15, 0.2) is 60.7 Å². The zero-order valence-electron chi connectivity index (χ0n) is 14.5. The van der Waals surface area contributed by atoms with E-state index in [9.17, 15) is 9.59 Å². The first-order valence-corrected chi connectivity index (χ1v) is 9.02. The Morgan fingerprint density at radius 2 is 1.50 bits per heavy atom. The highest BCUT2D eigenvalue weighted by Gasteiger charge is 2.15. The molecular formula is C23H20O3. The van der Waals surface area contributed by atoms with Crippen LogP contribution in [0.1, 0.15) is 44.7 Å². The molecule has 0 bridgehead atoms. The Kier molecular flexibility index (Phi) is 4.53. The number of aryl methyl sites for hydroxylation is 2. The first-order chi connectivity index (χ1) is 12.7. The van der Waals surface area contributed by atoms with Crippen molar-refractivity contribution in [3.63, 3.8) is 0 Å². The van der Waals surface area contributed by atoms with Gasteiger partial charge in [-0.2, -0.15) is 0 Å². The van der Waals surface area contributed by atoms with Crippen molar-refractivity contribution in [2.45, 2.75) is 25.7 Å². The number of carbonyl (C=O) groups is 2. The number of ether oxygens (including phenoxy) is 1. The van der Waals surface area contributed by atoms with Crippen LogP contribution in [0.3, 0.4) is 0 Å². The van der Waals surface area contributed by atoms with E-state index in [1.807, 2.05) is 48.5 Å². The van der Waals surface area contributed by atoms with Crippen LogP contribution < -0.4 is 0 Å². The van der Waals surface area contributed by atoms with E-state index in [0.717, 1.165) is 23.6 Å². The highest BCUT2D eigenvalue weighted by Crippen LogP contribution is 2.22. The normalized spacial score (nSPS) is 13.2. The van der Waals surface area contributed by atoms with E-state index in [2.05, 4.69) is 0 Å². The molecule has 3 heteroatoms. The zero-order chi connectivity index (χ0) is 17.9. The summed E-state index contributed by atoms with van der Waals surface area (Å²) < 4.78 is 5.25. The van der Waals surface area contributed by atoms with E-state index in [-0.39, 0.29) is 12.4 Å². The molecule has 0 unspecified atom stereocenters. The van der Waals surface area contributed by atoms with Crippen LogP contribution >= 0.6 is 0 Å². The van der Waals surface area contributed by atoms with E-state index in [4.69, 9.17) is 4.74 Å². The lowest BCUT2D eigenvalue weighted by molar-refractivity contribution is 0.0475. The molecule has 0 N–H and O–H groups in total. The van der Waals surface area contributed by atoms with Gasteiger partial charge in [0, 0.05) is 5.56 Å². The van der Waals surface area contributed by atoms with Crippen LogP contribution in [0, 0.1) is 0 Å². The van der Waals surface area contributed by atoms with Crippen LogP contribution in [0.2, 0.25) is 0 Å². The van der Waals surface area contributed by atoms with E-state index in [1.165, 1.54) is 24.0 Å². The molecule has 3 aromatic rings. The van der Waals surface area contributed by atoms with Gasteiger partial charge >= 0.3 is 5.97 Å². The Hall–Kier alpha value is -2.94. The molecule has 1 aliphatic rings. The predicted molar refractivity (Wildman–Crippen MR) is 102 cm³/mol. The molecule has 0 saturated heterocycles. The Labute approximate surface area is 152 Å². The first-order valence-electron chi connectivity index (χ1n) is 9.02. The summed E-state index contributed by atoms with van der Waals surface area (Å²) in [6.45, 7) is -0.232. The number of rotatable bonds is 4. The molecule has 0 aromatic heterocycles. The van der Waals surface area contributed by atoms with Gasteiger partial charge in [-0.1, -0.05) is 42.5 Å². The molecule has 130 valence electrons. The monoisotopic (exact) mass is 344 g/mol. The first kappa shape index (κ1) is 16.5. The molecule has 3 nitrogen and oxygen atoms in total. The molecular weight excluding hydrogens is 324 g/mol. The summed E-state index contributed by atoms with van der Waals surface area (Å²) in [4.78, 5) is 24.7. The molecule has 1 aliphatic carbocycles. The number of fused-ring (bicyclic) bond motifs is 2. The highest BCUT2D eigenvalue weighted by molar-refractivity contribution is 6.00. The minimum Gasteiger partial charge on any atom is -0.454 e. The smallest absolute Gasteiger partial charge is 0.338 e. The van der Waals surface area contributed by atoms with E-state index in [0.29, 0.717) is 11.1 Å². The zero-order valence-corrected chi connectivity index (χ0v) is 14.5. The molecule has 0 saturated carbocycles. The number of esters is 1. The Morgan fingerprint density at radius 3 is 2.35 bits per heavy atom. The van der Waals surface area contributed by atoms with Gasteiger partial charge in [0.1, 0.15) is 0 Å². The minimum atomic E-state index is -0.470. The lowest BCUT2D eigenvalue weighted by Gasteiger charge is -2.16. The van der Waals surface area contributed by atoms with Gasteiger partial charge in [0.05, 0.1) is 5.56 Å². The van der Waals surface area contributed by atoms with Crippen molar-refractivity contribution in [3.8, 4) is 0 Å². The highest BCUT2D eigenvalue weighted by atomic mass is 16.5. The lowest BCUT2D eigenvalue weighted by Crippen LogP contribution is -2.15. The molecule has 0 spiro atoms. The van der Waals surface area contributed by atoms with Crippen LogP contribution in [-0.4, -0.2) is 18.4 Å². The molecule has 0 atom stereocenters. The van der Waals surface area contributed by atoms with Crippen LogP contribution in [-0.2, 0) is 17.6 Å². The van der Waals surface area contributed by atoms with Gasteiger partial charge < -0.3 is 4.74 Å². The number of carbonyl (C=O) groups excluding carboxylic acids is 2. The number of benzene rings is 3. The van der Waals surface area contributed by atoms with Gasteiger partial charge in [-0.15, -0.1) is 0 Å². The Morgan fingerprint density at radius 1 is 0.769 bits per heavy atom. The van der Waals surface area contributed by atoms with Gasteiger partial charge in [-0.25, -0.2) is 4.79 Å². The van der Waals surface area contributed by atoms with Crippen molar-refractivity contribution < 1.29 is 14.3 Å². The van der Waals surface area contributed by atoms with Crippen LogP contribution in [0.5, 0.6) is 0 Å². The standard InChI is InChI=1S/C23H20O3/c24-22(20-11-9-16-5-1-3-7-18(16)13-20)15-26-23(25)21-12-10-17-6-2-4-8-19(17)14-21/h2,4,6,8-14H,1,3,5,7,15H2. The maximum Gasteiger partial charge on any atom is 0.338 e. The van der Waals surface area contributed by atoms with E-state index in [1.54, 1.807) is 12.1 Å². The van der Waals surface area contributed by atoms with Gasteiger partial charge in [-0.05, 0) is 65.8 Å². The van der Waals surface area contributed by atoms with Crippen molar-refractivity contribution in [1.82, 2.24) is 0 Å². The molecule has 4 rings (SSSR count). The van der Waals surface area contributed by atoms with Crippen LogP contribution in [0.25, 0.3) is 10.8 Å². The molecule has 0 heterocycles. The van der Waals surface area contributed by atoms with Gasteiger partial charge in [0.25, 0.3) is 0 Å². The maximum atomic E-state index is 12.4. The van der Waals surface area contributed by atoms with E-state index < -0.39 is 5.97 Å². The predicted octanol–water partition coefficient (Wildman–Crippen LogP) is 4.76. The maximum absolute atomic E-state index is 12.4. The fraction of sp³-hybridized carbons (Fsp3) is 0.217. The number of hydrogen-bond acceptors (Lipinski definition) is 3. The summed E-state index contributed by atoms with van der Waals surface area (Å²) in [5, 5.41) is 2.04. The molecule has 0 radical (unpaired) electrons. The van der Waals surface area contributed by atoms with Gasteiger partial charge in [0.2, 0.25) is 0 Å². The number of Topliss-reactive ketones (excluding diaryl/α,β-unsaturated/α-hetero) is 1. The third kappa shape index (κ3) is 3.38. The topological polar surface area (TPSA) is 43.4 Å². The lowest BCUT2D eigenvalue weighted by atomic mass is 9.90. The fourth-order valence-electron chi connectivity index (χ4n) is 3.52. The minimum absolute atomic E-state index is 0.160. The Balaban J connectivity index is 1.44. The third-order valence-electron chi connectivity index (χ3n) is 4.99. The van der Waals surface area contributed by atoms with Crippen molar-refractivity contribution in [2.75, 3.05) is 6.61 Å². The Bertz CT molecular complexity index is 988. The largest absolute Gasteiger partial charge is 0.454 e. The summed E-state index contributed by atoms with van der Waals surface area (Å²) in [6.07, 6.45) is 4.49. The molecule has 0 aliphatic heterocycles. The van der Waals surface area contributed by atoms with Crippen molar-refractivity contribution in [3.05, 3.63) is 82.9 Å². The van der Waals surface area contributed by atoms with Crippen molar-refractivity contribution in [1.29, 1.82) is 0 Å². The van der Waals surface area contributed by atoms with Crippen LogP contribution in [0.4, 0.5) is 0 Å². The second kappa shape index (κ2) is 7.12. The molecule has 0 amide bonds. The molecule has 3 aromatic carbocycles. The van der Waals surface area contributed by atoms with Gasteiger partial charge in [0.15, 0.2) is 12.4 Å². The second-order valence-electron chi connectivity index (χ2n) is 6.75. The number of ketones is 1. The fourth-order valence-corrected chi connectivity index (χ4v) is 3.52. The average Bonchev–Trinajstić information content (AvgIpc) is 2.71. The molecule has 26 heavy (non-hydrogen) atoms. The van der Waals surface area contributed by atoms with Crippen molar-refractivity contribution in [2.24, 2.45) is 0 Å². The molecule has 0 fully saturated rings. The van der Waals surface area contributed by atoms with Crippen molar-refractivity contribution >= 4 is 22.5 Å². The summed E-state index contributed by atoms with van der Waals surface area (Å²) in [5.74, 6) is -0.630. The summed E-state index contributed by atoms with van der Waals surface area (Å²) >= 11 is 0. The third-order valence-corrected chi connectivity index (χ3v) is 4.99. The average molecular weight is 344 g/mol. The quantitative estimate of drug-likeness (QED) is 0.506. The SMILES string of the molecule is O=C(COC(=O)c1ccc2ccccc2c1)c1ccc2c(c1)CCCC2. The summed E-state index contributed by atoms with van der Waals surface area (Å²) in [5.41, 5.74) is 3.67. The summed E-state index contributed by atoms with van der Waals surface area (Å²) in [7, 11) is 0. The number of hydrogen-bond donors (Lipinski definition) is 0. The summed E-state index contributed by atoms with van der Waals surface area (Å²) in [6, 6.07) is 19.1. The second-order valence-corrected chi connectivity index (χ2v) is 6.75.